The Kier molecular flexibility index (Phi) is 7.50. The monoisotopic (exact) mass is 434 g/mol. The summed E-state index contributed by atoms with van der Waals surface area (Å²) in [6.07, 6.45) is 4.06. The molecule has 0 N–H and O–H groups in total. The van der Waals surface area contributed by atoms with Gasteiger partial charge in [0.1, 0.15) is 18.5 Å². The molecule has 1 aliphatic heterocycles. The fraction of sp³-hybridized carbons (Fsp3) is 1.00. The van der Waals surface area contributed by atoms with Gasteiger partial charge in [0.25, 0.3) is 0 Å². The molecule has 2 nitrogen and oxygen atoms in total. The molecule has 29 heavy (non-hydrogen) atoms. The molecule has 0 radical (unpaired) electrons. The third-order valence-corrected chi connectivity index (χ3v) is 8.92. The van der Waals surface area contributed by atoms with E-state index in [2.05, 4.69) is 16.2 Å². The normalized spacial score (nSPS) is 52.2. The predicted molar refractivity (Wildman–Crippen MR) is 112 cm³/mol. The lowest BCUT2D eigenvalue weighted by atomic mass is 9.64. The maximum absolute atomic E-state index is 15.1. The molecule has 6 heteroatoms. The van der Waals surface area contributed by atoms with Gasteiger partial charge in [-0.3, -0.25) is 0 Å². The summed E-state index contributed by atoms with van der Waals surface area (Å²) in [4.78, 5) is 0. The van der Waals surface area contributed by atoms with Crippen LogP contribution in [0.5, 0.6) is 0 Å². The summed E-state index contributed by atoms with van der Waals surface area (Å²) in [6.45, 7) is 3.73. The molecule has 0 spiro atoms. The first-order chi connectivity index (χ1) is 13.9. The van der Waals surface area contributed by atoms with E-state index in [1.807, 2.05) is 0 Å². The highest BCUT2D eigenvalue weighted by Crippen LogP contribution is 2.48. The first-order valence-corrected chi connectivity index (χ1v) is 12.5. The summed E-state index contributed by atoms with van der Waals surface area (Å²) < 4.78 is 54.7. The van der Waals surface area contributed by atoms with Crippen LogP contribution in [-0.2, 0) is 9.47 Å². The van der Waals surface area contributed by atoms with E-state index in [1.54, 1.807) is 0 Å². The number of rotatable bonds is 3. The lowest BCUT2D eigenvalue weighted by Crippen LogP contribution is -2.43. The molecule has 4 fully saturated rings. The van der Waals surface area contributed by atoms with Crippen molar-refractivity contribution in [3.8, 4) is 0 Å². The lowest BCUT2D eigenvalue weighted by Gasteiger charge is -2.44. The topological polar surface area (TPSA) is 18.5 Å². The fourth-order valence-corrected chi connectivity index (χ4v) is 7.11. The predicted octanol–water partition coefficient (Wildman–Crippen LogP) is 5.89. The van der Waals surface area contributed by atoms with Crippen LogP contribution in [0.4, 0.5) is 13.2 Å². The highest BCUT2D eigenvalue weighted by Gasteiger charge is 2.45. The minimum Gasteiger partial charge on any atom is -0.352 e. The zero-order valence-corrected chi connectivity index (χ0v) is 18.8. The van der Waals surface area contributed by atoms with Crippen molar-refractivity contribution in [1.29, 1.82) is 0 Å². The smallest absolute Gasteiger partial charge is 0.160 e. The molecule has 0 bridgehead atoms. The maximum Gasteiger partial charge on any atom is 0.160 e. The number of hydrogen-bond donors (Lipinski definition) is 0. The van der Waals surface area contributed by atoms with Crippen molar-refractivity contribution in [2.75, 3.05) is 13.2 Å². The van der Waals surface area contributed by atoms with Crippen LogP contribution < -0.4 is 0 Å². The minimum absolute atomic E-state index is 0.00539. The maximum atomic E-state index is 15.1. The van der Waals surface area contributed by atoms with Crippen LogP contribution in [0.25, 0.3) is 0 Å². The van der Waals surface area contributed by atoms with E-state index >= 15 is 4.39 Å². The summed E-state index contributed by atoms with van der Waals surface area (Å²) in [7, 11) is 2.45. The Hall–Kier alpha value is 0.140. The molecule has 0 amide bonds. The van der Waals surface area contributed by atoms with Crippen LogP contribution in [0.15, 0.2) is 0 Å². The summed E-state index contributed by atoms with van der Waals surface area (Å²) in [5, 5.41) is 0. The Labute approximate surface area is 176 Å². The van der Waals surface area contributed by atoms with Crippen LogP contribution in [0.2, 0.25) is 0 Å². The van der Waals surface area contributed by atoms with Crippen molar-refractivity contribution in [3.63, 3.8) is 0 Å². The summed E-state index contributed by atoms with van der Waals surface area (Å²) in [6, 6.07) is 0. The van der Waals surface area contributed by atoms with Crippen LogP contribution >= 0.6 is 9.24 Å². The van der Waals surface area contributed by atoms with Crippen molar-refractivity contribution < 1.29 is 22.6 Å². The van der Waals surface area contributed by atoms with Crippen molar-refractivity contribution >= 4 is 9.24 Å². The molecule has 0 aromatic carbocycles. The molecule has 8 atom stereocenters. The Morgan fingerprint density at radius 2 is 1.28 bits per heavy atom. The van der Waals surface area contributed by atoms with Gasteiger partial charge in [0.15, 0.2) is 6.29 Å². The van der Waals surface area contributed by atoms with Gasteiger partial charge in [-0.2, -0.15) is 0 Å². The largest absolute Gasteiger partial charge is 0.352 e. The van der Waals surface area contributed by atoms with E-state index in [1.165, 1.54) is 0 Å². The second-order valence-corrected chi connectivity index (χ2v) is 11.3. The molecule has 3 saturated carbocycles. The Bertz CT molecular complexity index is 510. The fourth-order valence-electron chi connectivity index (χ4n) is 6.52. The van der Waals surface area contributed by atoms with Gasteiger partial charge in [0.2, 0.25) is 0 Å². The quantitative estimate of drug-likeness (QED) is 0.516. The lowest BCUT2D eigenvalue weighted by molar-refractivity contribution is -0.227. The molecule has 168 valence electrons. The zero-order chi connectivity index (χ0) is 20.5. The summed E-state index contributed by atoms with van der Waals surface area (Å²) in [5.41, 5.74) is -0.365. The SMILES string of the molecule is CC1COC(C2CCC(C3CCC(C4CC(F)C(F)C(P)C4)C(F)C3)CC2)OC1. The van der Waals surface area contributed by atoms with E-state index in [-0.39, 0.29) is 30.2 Å². The number of hydrogen-bond acceptors (Lipinski definition) is 2. The average Bonchev–Trinajstić information content (AvgIpc) is 2.72. The highest BCUT2D eigenvalue weighted by atomic mass is 31.0. The zero-order valence-electron chi connectivity index (χ0n) is 17.7. The Morgan fingerprint density at radius 3 is 1.90 bits per heavy atom. The number of ether oxygens (including phenoxy) is 2. The van der Waals surface area contributed by atoms with Gasteiger partial charge in [-0.15, -0.1) is 9.24 Å². The van der Waals surface area contributed by atoms with Gasteiger partial charge >= 0.3 is 0 Å². The highest BCUT2D eigenvalue weighted by molar-refractivity contribution is 7.17. The van der Waals surface area contributed by atoms with E-state index < -0.39 is 18.5 Å². The van der Waals surface area contributed by atoms with Gasteiger partial charge in [0, 0.05) is 17.5 Å². The van der Waals surface area contributed by atoms with Crippen molar-refractivity contribution in [2.24, 2.45) is 35.5 Å². The van der Waals surface area contributed by atoms with Gasteiger partial charge in [-0.05, 0) is 81.5 Å². The molecule has 1 saturated heterocycles. The molecular weight excluding hydrogens is 396 g/mol. The van der Waals surface area contributed by atoms with Gasteiger partial charge in [-0.25, -0.2) is 13.2 Å². The third-order valence-electron chi connectivity index (χ3n) is 8.28. The molecule has 4 aliphatic rings. The van der Waals surface area contributed by atoms with E-state index in [9.17, 15) is 8.78 Å². The molecule has 0 aromatic heterocycles. The van der Waals surface area contributed by atoms with Gasteiger partial charge in [0.05, 0.1) is 13.2 Å². The Morgan fingerprint density at radius 1 is 0.690 bits per heavy atom. The molecule has 1 heterocycles. The molecule has 0 aromatic rings. The van der Waals surface area contributed by atoms with Crippen molar-refractivity contribution in [2.45, 2.75) is 95.2 Å². The summed E-state index contributed by atoms with van der Waals surface area (Å²) in [5.74, 6) is 1.91. The number of alkyl halides is 3. The molecule has 3 aliphatic carbocycles. The van der Waals surface area contributed by atoms with Crippen LogP contribution in [0, 0.1) is 35.5 Å². The standard InChI is InChI=1S/C23H38F3O2P/c1-13-11-27-23(28-12-13)15-4-2-14(3-5-15)16-6-7-18(19(24)8-16)17-9-20(25)22(26)21(29)10-17/h13-23H,2-12,29H2,1H3. The first-order valence-electron chi connectivity index (χ1n) is 11.8. The van der Waals surface area contributed by atoms with Gasteiger partial charge < -0.3 is 9.47 Å². The van der Waals surface area contributed by atoms with E-state index in [4.69, 9.17) is 9.47 Å². The van der Waals surface area contributed by atoms with E-state index in [0.29, 0.717) is 36.5 Å². The van der Waals surface area contributed by atoms with Crippen molar-refractivity contribution in [1.82, 2.24) is 0 Å². The Balaban J connectivity index is 1.24. The van der Waals surface area contributed by atoms with Crippen LogP contribution in [-0.4, -0.2) is 43.7 Å². The van der Waals surface area contributed by atoms with Crippen LogP contribution in [0.1, 0.15) is 64.7 Å². The second kappa shape index (κ2) is 9.74. The third kappa shape index (κ3) is 5.14. The molecule has 4 rings (SSSR count). The first kappa shape index (κ1) is 22.3. The number of halogens is 3. The van der Waals surface area contributed by atoms with Crippen molar-refractivity contribution in [3.05, 3.63) is 0 Å². The van der Waals surface area contributed by atoms with Crippen LogP contribution in [0.3, 0.4) is 0 Å². The van der Waals surface area contributed by atoms with Gasteiger partial charge in [-0.1, -0.05) is 6.92 Å². The second-order valence-electron chi connectivity index (χ2n) is 10.4. The minimum atomic E-state index is -1.43. The molecular formula is C23H38F3O2P. The average molecular weight is 435 g/mol. The summed E-state index contributed by atoms with van der Waals surface area (Å²) >= 11 is 0. The molecule has 8 unspecified atom stereocenters. The van der Waals surface area contributed by atoms with E-state index in [0.717, 1.165) is 51.7 Å².